The highest BCUT2D eigenvalue weighted by atomic mass is 31.0. The van der Waals surface area contributed by atoms with Gasteiger partial charge in [0, 0.05) is 0 Å². The van der Waals surface area contributed by atoms with E-state index in [0.29, 0.717) is 6.42 Å². The van der Waals surface area contributed by atoms with Gasteiger partial charge in [0.15, 0.2) is 0 Å². The summed E-state index contributed by atoms with van der Waals surface area (Å²) in [6, 6.07) is 6.77. The lowest BCUT2D eigenvalue weighted by Gasteiger charge is -2.05. The van der Waals surface area contributed by atoms with Crippen LogP contribution in [0.5, 0.6) is 0 Å². The predicted octanol–water partition coefficient (Wildman–Crippen LogP) is 0.141. The Bertz CT molecular complexity index is 297. The minimum absolute atomic E-state index is 0.375. The van der Waals surface area contributed by atoms with Gasteiger partial charge < -0.3 is 10.8 Å². The molecule has 1 aromatic carbocycles. The molecule has 3 N–H and O–H groups in total. The second-order valence-corrected chi connectivity index (χ2v) is 3.56. The lowest BCUT2D eigenvalue weighted by molar-refractivity contribution is -0.138. The summed E-state index contributed by atoms with van der Waals surface area (Å²) in [7, 11) is 2.57. The highest BCUT2D eigenvalue weighted by Gasteiger charge is 2.11. The first kappa shape index (κ1) is 10.2. The first-order chi connectivity index (χ1) is 6.09. The van der Waals surface area contributed by atoms with Gasteiger partial charge in [0.2, 0.25) is 0 Å². The molecule has 4 heteroatoms. The van der Waals surface area contributed by atoms with Crippen molar-refractivity contribution in [2.75, 3.05) is 0 Å². The van der Waals surface area contributed by atoms with Gasteiger partial charge in [-0.2, -0.15) is 0 Å². The monoisotopic (exact) mass is 197 g/mol. The van der Waals surface area contributed by atoms with Crippen LogP contribution in [0.1, 0.15) is 5.56 Å². The van der Waals surface area contributed by atoms with Gasteiger partial charge in [-0.15, -0.1) is 9.24 Å². The quantitative estimate of drug-likeness (QED) is 0.677. The van der Waals surface area contributed by atoms with Crippen LogP contribution in [0.15, 0.2) is 24.3 Å². The van der Waals surface area contributed by atoms with Gasteiger partial charge in [-0.05, 0) is 17.3 Å². The Kier molecular flexibility index (Phi) is 3.40. The lowest BCUT2D eigenvalue weighted by atomic mass is 10.1. The van der Waals surface area contributed by atoms with E-state index >= 15 is 0 Å². The lowest BCUT2D eigenvalue weighted by Crippen LogP contribution is -2.32. The number of nitrogens with two attached hydrogens (primary N) is 1. The van der Waals surface area contributed by atoms with Crippen LogP contribution in [-0.2, 0) is 11.2 Å². The molecule has 0 spiro atoms. The smallest absolute Gasteiger partial charge is 0.320 e. The minimum Gasteiger partial charge on any atom is -0.480 e. The fourth-order valence-electron chi connectivity index (χ4n) is 0.995. The molecule has 2 atom stereocenters. The second kappa shape index (κ2) is 4.35. The molecule has 0 bridgehead atoms. The normalized spacial score (nSPS) is 12.5. The van der Waals surface area contributed by atoms with Crippen molar-refractivity contribution >= 4 is 20.5 Å². The van der Waals surface area contributed by atoms with Crippen LogP contribution in [0.25, 0.3) is 0 Å². The van der Waals surface area contributed by atoms with E-state index in [4.69, 9.17) is 10.8 Å². The molecule has 1 unspecified atom stereocenters. The third-order valence-corrected chi connectivity index (χ3v) is 2.14. The van der Waals surface area contributed by atoms with E-state index in [-0.39, 0.29) is 0 Å². The van der Waals surface area contributed by atoms with Gasteiger partial charge in [0.25, 0.3) is 0 Å². The van der Waals surface area contributed by atoms with E-state index in [0.717, 1.165) is 10.9 Å². The summed E-state index contributed by atoms with van der Waals surface area (Å²) >= 11 is 0. The number of benzene rings is 1. The van der Waals surface area contributed by atoms with Crippen molar-refractivity contribution in [2.45, 2.75) is 12.5 Å². The zero-order valence-electron chi connectivity index (χ0n) is 7.10. The van der Waals surface area contributed by atoms with Crippen molar-refractivity contribution in [1.82, 2.24) is 0 Å². The number of hydrogen-bond acceptors (Lipinski definition) is 2. The molecule has 3 nitrogen and oxygen atoms in total. The highest BCUT2D eigenvalue weighted by molar-refractivity contribution is 7.27. The molecule has 1 rings (SSSR count). The van der Waals surface area contributed by atoms with Gasteiger partial charge in [0.05, 0.1) is 0 Å². The maximum atomic E-state index is 10.4. The molecule has 0 saturated carbocycles. The molecular weight excluding hydrogens is 185 g/mol. The summed E-state index contributed by atoms with van der Waals surface area (Å²) in [5, 5.41) is 9.65. The maximum absolute atomic E-state index is 10.4. The molecule has 1 aromatic rings. The third-order valence-electron chi connectivity index (χ3n) is 1.75. The fraction of sp³-hybridized carbons (Fsp3) is 0.222. The molecule has 0 heterocycles. The zero-order valence-corrected chi connectivity index (χ0v) is 8.26. The summed E-state index contributed by atoms with van der Waals surface area (Å²) < 4.78 is 0. The Morgan fingerprint density at radius 3 is 2.46 bits per heavy atom. The first-order valence-corrected chi connectivity index (χ1v) is 4.50. The van der Waals surface area contributed by atoms with Crippen LogP contribution in [0.3, 0.4) is 0 Å². The highest BCUT2D eigenvalue weighted by Crippen LogP contribution is 2.02. The van der Waals surface area contributed by atoms with Gasteiger partial charge in [-0.25, -0.2) is 0 Å². The Morgan fingerprint density at radius 2 is 2.00 bits per heavy atom. The Labute approximate surface area is 79.2 Å². The summed E-state index contributed by atoms with van der Waals surface area (Å²) in [4.78, 5) is 10.4. The zero-order chi connectivity index (χ0) is 9.84. The van der Waals surface area contributed by atoms with Crippen LogP contribution in [0.2, 0.25) is 0 Å². The molecular formula is C9H12NO2P. The fourth-order valence-corrected chi connectivity index (χ4v) is 1.19. The van der Waals surface area contributed by atoms with Crippen molar-refractivity contribution in [3.05, 3.63) is 29.8 Å². The summed E-state index contributed by atoms with van der Waals surface area (Å²) in [5.41, 5.74) is 6.33. The van der Waals surface area contributed by atoms with Crippen molar-refractivity contribution in [1.29, 1.82) is 0 Å². The molecule has 0 aliphatic heterocycles. The predicted molar refractivity (Wildman–Crippen MR) is 55.1 cm³/mol. The van der Waals surface area contributed by atoms with Gasteiger partial charge in [0.1, 0.15) is 6.04 Å². The largest absolute Gasteiger partial charge is 0.480 e. The first-order valence-electron chi connectivity index (χ1n) is 3.92. The molecule has 0 aliphatic carbocycles. The Morgan fingerprint density at radius 1 is 1.46 bits per heavy atom. The van der Waals surface area contributed by atoms with E-state index in [1.54, 1.807) is 0 Å². The van der Waals surface area contributed by atoms with E-state index < -0.39 is 12.0 Å². The van der Waals surface area contributed by atoms with Crippen molar-refractivity contribution in [2.24, 2.45) is 5.73 Å². The van der Waals surface area contributed by atoms with Crippen molar-refractivity contribution in [3.8, 4) is 0 Å². The van der Waals surface area contributed by atoms with E-state index in [1.807, 2.05) is 24.3 Å². The molecule has 0 fully saturated rings. The maximum Gasteiger partial charge on any atom is 0.320 e. The molecule has 0 aromatic heterocycles. The van der Waals surface area contributed by atoms with Crippen LogP contribution in [-0.4, -0.2) is 17.1 Å². The Hall–Kier alpha value is -0.920. The number of carbonyl (C=O) groups is 1. The molecule has 0 aliphatic rings. The van der Waals surface area contributed by atoms with Gasteiger partial charge >= 0.3 is 5.97 Å². The van der Waals surface area contributed by atoms with Crippen LogP contribution >= 0.6 is 9.24 Å². The average molecular weight is 197 g/mol. The van der Waals surface area contributed by atoms with Crippen LogP contribution in [0.4, 0.5) is 0 Å². The van der Waals surface area contributed by atoms with Crippen molar-refractivity contribution in [3.63, 3.8) is 0 Å². The van der Waals surface area contributed by atoms with Crippen LogP contribution < -0.4 is 11.0 Å². The number of carboxylic acid groups (broad SMARTS) is 1. The number of carboxylic acids is 1. The number of rotatable bonds is 3. The third kappa shape index (κ3) is 3.13. The molecule has 13 heavy (non-hydrogen) atoms. The number of aliphatic carboxylic acids is 1. The van der Waals surface area contributed by atoms with Gasteiger partial charge in [-0.3, -0.25) is 4.79 Å². The number of hydrogen-bond donors (Lipinski definition) is 2. The Balaban J connectivity index is 2.64. The van der Waals surface area contributed by atoms with E-state index in [9.17, 15) is 4.79 Å². The van der Waals surface area contributed by atoms with Crippen LogP contribution in [0, 0.1) is 0 Å². The van der Waals surface area contributed by atoms with Gasteiger partial charge in [-0.1, -0.05) is 24.3 Å². The topological polar surface area (TPSA) is 63.3 Å². The van der Waals surface area contributed by atoms with E-state index in [1.165, 1.54) is 0 Å². The summed E-state index contributed by atoms with van der Waals surface area (Å²) in [6.45, 7) is 0. The summed E-state index contributed by atoms with van der Waals surface area (Å²) in [5.74, 6) is -0.963. The molecule has 0 radical (unpaired) electrons. The molecule has 0 saturated heterocycles. The van der Waals surface area contributed by atoms with E-state index in [2.05, 4.69) is 9.24 Å². The second-order valence-electron chi connectivity index (χ2n) is 2.89. The molecule has 70 valence electrons. The molecule has 0 amide bonds. The SMILES string of the molecule is N[C@@H](Cc1ccc(P)cc1)C(=O)O. The summed E-state index contributed by atoms with van der Waals surface area (Å²) in [6.07, 6.45) is 0.375. The van der Waals surface area contributed by atoms with Crippen molar-refractivity contribution < 1.29 is 9.90 Å². The average Bonchev–Trinajstić information content (AvgIpc) is 2.08. The standard InChI is InChI=1S/C9H12NO2P/c10-8(9(11)12)5-6-1-3-7(13)4-2-6/h1-4,8H,5,10,13H2,(H,11,12)/t8-/m0/s1. The minimum atomic E-state index is -0.963.